The fraction of sp³-hybridized carbons (Fsp3) is 0.158. The summed E-state index contributed by atoms with van der Waals surface area (Å²) >= 11 is 0. The van der Waals surface area contributed by atoms with Crippen LogP contribution < -0.4 is 5.32 Å². The number of amides is 1. The van der Waals surface area contributed by atoms with E-state index in [0.717, 1.165) is 0 Å². The van der Waals surface area contributed by atoms with Gasteiger partial charge < -0.3 is 9.72 Å². The molecule has 2 N–H and O–H groups in total. The molecular weight excluding hydrogens is 351 g/mol. The van der Waals surface area contributed by atoms with Gasteiger partial charge in [0.25, 0.3) is 0 Å². The predicted octanol–water partition coefficient (Wildman–Crippen LogP) is 3.30. The number of H-pyrrole nitrogens is 1. The Hall–Kier alpha value is -3.55. The first-order valence-electron chi connectivity index (χ1n) is 8.36. The number of rotatable bonds is 3. The molecule has 0 spiro atoms. The van der Waals surface area contributed by atoms with Gasteiger partial charge in [-0.15, -0.1) is 0 Å². The third-order valence-electron chi connectivity index (χ3n) is 4.17. The minimum Gasteiger partial charge on any atom is -0.450 e. The number of carbonyl (C=O) groups is 2. The second kappa shape index (κ2) is 6.64. The van der Waals surface area contributed by atoms with Crippen LogP contribution in [0.4, 0.5) is 15.1 Å². The molecule has 1 aliphatic heterocycles. The van der Waals surface area contributed by atoms with Crippen molar-refractivity contribution in [3.05, 3.63) is 58.9 Å². The van der Waals surface area contributed by atoms with E-state index >= 15 is 0 Å². The summed E-state index contributed by atoms with van der Waals surface area (Å²) in [6.07, 6.45) is -0.601. The smallest absolute Gasteiger partial charge is 0.413 e. The third-order valence-corrected chi connectivity index (χ3v) is 4.17. The van der Waals surface area contributed by atoms with Crippen LogP contribution in [0.1, 0.15) is 28.4 Å². The first kappa shape index (κ1) is 16.9. The number of fused-ring (bicyclic) bond motifs is 2. The lowest BCUT2D eigenvalue weighted by molar-refractivity contribution is 0.1000. The Balaban J connectivity index is 1.72. The van der Waals surface area contributed by atoms with Gasteiger partial charge in [0.2, 0.25) is 5.95 Å². The van der Waals surface area contributed by atoms with E-state index in [9.17, 15) is 14.0 Å². The van der Waals surface area contributed by atoms with E-state index in [1.165, 1.54) is 18.2 Å². The highest BCUT2D eigenvalue weighted by molar-refractivity contribution is 6.22. The Bertz CT molecular complexity index is 1100. The van der Waals surface area contributed by atoms with Crippen LogP contribution in [0.2, 0.25) is 0 Å². The molecule has 0 unspecified atom stereocenters. The second-order valence-corrected chi connectivity index (χ2v) is 5.94. The summed E-state index contributed by atoms with van der Waals surface area (Å²) in [5, 5.41) is 2.51. The Kier molecular flexibility index (Phi) is 4.15. The zero-order valence-corrected chi connectivity index (χ0v) is 14.4. The summed E-state index contributed by atoms with van der Waals surface area (Å²) in [7, 11) is 0. The number of anilines is 1. The average molecular weight is 366 g/mol. The summed E-state index contributed by atoms with van der Waals surface area (Å²) < 4.78 is 18.5. The van der Waals surface area contributed by atoms with Crippen molar-refractivity contribution < 1.29 is 18.7 Å². The quantitative estimate of drug-likeness (QED) is 0.743. The minimum atomic E-state index is -0.601. The molecule has 0 radical (unpaired) electrons. The van der Waals surface area contributed by atoms with Crippen LogP contribution in [0.15, 0.2) is 41.4 Å². The van der Waals surface area contributed by atoms with Crippen LogP contribution >= 0.6 is 0 Å². The van der Waals surface area contributed by atoms with E-state index in [1.807, 2.05) is 0 Å². The first-order chi connectivity index (χ1) is 13.0. The van der Waals surface area contributed by atoms with Crippen molar-refractivity contribution in [2.24, 2.45) is 4.99 Å². The largest absolute Gasteiger partial charge is 0.450 e. The Labute approximate surface area is 153 Å². The number of halogens is 1. The highest BCUT2D eigenvalue weighted by Crippen LogP contribution is 2.24. The number of carbonyl (C=O) groups excluding carboxylic acids is 2. The maximum Gasteiger partial charge on any atom is 0.413 e. The molecule has 0 bridgehead atoms. The van der Waals surface area contributed by atoms with Crippen molar-refractivity contribution in [3.8, 4) is 0 Å². The molecule has 2 heterocycles. The molecule has 8 heteroatoms. The molecule has 0 saturated carbocycles. The van der Waals surface area contributed by atoms with E-state index in [4.69, 9.17) is 4.74 Å². The van der Waals surface area contributed by atoms with Gasteiger partial charge >= 0.3 is 6.09 Å². The number of ketones is 1. The van der Waals surface area contributed by atoms with Gasteiger partial charge in [0, 0.05) is 16.7 Å². The minimum absolute atomic E-state index is 0.0185. The lowest BCUT2D eigenvalue weighted by atomic mass is 9.92. The van der Waals surface area contributed by atoms with Crippen LogP contribution in [-0.2, 0) is 4.74 Å². The van der Waals surface area contributed by atoms with E-state index in [-0.39, 0.29) is 24.9 Å². The number of ether oxygens (including phenoxy) is 1. The predicted molar refractivity (Wildman–Crippen MR) is 98.0 cm³/mol. The summed E-state index contributed by atoms with van der Waals surface area (Å²) in [6, 6.07) is 9.41. The van der Waals surface area contributed by atoms with Gasteiger partial charge in [0.05, 0.1) is 23.4 Å². The topological polar surface area (TPSA) is 96.4 Å². The fourth-order valence-corrected chi connectivity index (χ4v) is 3.00. The number of imidazole rings is 1. The molecule has 0 aliphatic carbocycles. The average Bonchev–Trinajstić information content (AvgIpc) is 3.03. The number of aliphatic imine (C=N–C) groups is 1. The molecule has 0 atom stereocenters. The molecular formula is C19H15FN4O3. The normalized spacial score (nSPS) is 13.3. The van der Waals surface area contributed by atoms with Crippen molar-refractivity contribution in [2.75, 3.05) is 18.5 Å². The Morgan fingerprint density at radius 3 is 2.93 bits per heavy atom. The molecule has 7 nitrogen and oxygen atoms in total. The summed E-state index contributed by atoms with van der Waals surface area (Å²) in [6.45, 7) is 1.98. The van der Waals surface area contributed by atoms with E-state index in [0.29, 0.717) is 33.4 Å². The zero-order valence-electron chi connectivity index (χ0n) is 14.4. The second-order valence-electron chi connectivity index (χ2n) is 5.94. The van der Waals surface area contributed by atoms with Crippen molar-refractivity contribution >= 4 is 34.6 Å². The van der Waals surface area contributed by atoms with E-state index < -0.39 is 11.9 Å². The number of aromatic amines is 1. The molecule has 1 amide bonds. The molecule has 1 aliphatic rings. The van der Waals surface area contributed by atoms with E-state index in [2.05, 4.69) is 20.3 Å². The number of Topliss-reactive ketones (excluding diaryl/α,β-unsaturated/α-hetero) is 1. The van der Waals surface area contributed by atoms with Crippen LogP contribution in [0, 0.1) is 5.82 Å². The molecule has 0 saturated heterocycles. The number of aromatic nitrogens is 2. The molecule has 3 aromatic rings. The maximum absolute atomic E-state index is 13.7. The summed E-state index contributed by atoms with van der Waals surface area (Å²) in [5.41, 5.74) is 3.48. The lowest BCUT2D eigenvalue weighted by Crippen LogP contribution is -2.20. The van der Waals surface area contributed by atoms with Crippen molar-refractivity contribution in [1.82, 2.24) is 9.97 Å². The van der Waals surface area contributed by atoms with Crippen LogP contribution in [0.5, 0.6) is 0 Å². The fourth-order valence-electron chi connectivity index (χ4n) is 3.00. The van der Waals surface area contributed by atoms with Gasteiger partial charge in [0.1, 0.15) is 12.4 Å². The lowest BCUT2D eigenvalue weighted by Gasteiger charge is -2.16. The monoisotopic (exact) mass is 366 g/mol. The maximum atomic E-state index is 13.7. The molecule has 0 fully saturated rings. The van der Waals surface area contributed by atoms with Gasteiger partial charge in [-0.05, 0) is 37.3 Å². The van der Waals surface area contributed by atoms with Crippen LogP contribution in [-0.4, -0.2) is 40.7 Å². The molecule has 2 aromatic carbocycles. The van der Waals surface area contributed by atoms with Crippen molar-refractivity contribution in [2.45, 2.75) is 6.92 Å². The number of hydrogen-bond donors (Lipinski definition) is 2. The molecule has 136 valence electrons. The first-order valence-corrected chi connectivity index (χ1v) is 8.36. The Morgan fingerprint density at radius 1 is 1.26 bits per heavy atom. The van der Waals surface area contributed by atoms with E-state index in [1.54, 1.807) is 25.1 Å². The van der Waals surface area contributed by atoms with Gasteiger partial charge in [-0.25, -0.2) is 14.2 Å². The van der Waals surface area contributed by atoms with Gasteiger partial charge in [-0.3, -0.25) is 15.1 Å². The summed E-state index contributed by atoms with van der Waals surface area (Å²) in [4.78, 5) is 35.2. The molecule has 27 heavy (non-hydrogen) atoms. The van der Waals surface area contributed by atoms with Crippen molar-refractivity contribution in [1.29, 1.82) is 0 Å². The summed E-state index contributed by atoms with van der Waals surface area (Å²) in [5.74, 6) is -0.315. The molecule has 1 aromatic heterocycles. The van der Waals surface area contributed by atoms with Gasteiger partial charge in [-0.1, -0.05) is 6.07 Å². The highest BCUT2D eigenvalue weighted by atomic mass is 19.1. The number of hydrogen-bond acceptors (Lipinski definition) is 5. The number of nitrogens with one attached hydrogen (secondary N) is 2. The highest BCUT2D eigenvalue weighted by Gasteiger charge is 2.22. The van der Waals surface area contributed by atoms with Crippen LogP contribution in [0.3, 0.4) is 0 Å². The zero-order chi connectivity index (χ0) is 19.0. The van der Waals surface area contributed by atoms with Gasteiger partial charge in [-0.2, -0.15) is 0 Å². The number of nitrogens with zero attached hydrogens (tertiary/aromatic N) is 2. The Morgan fingerprint density at radius 2 is 2.11 bits per heavy atom. The van der Waals surface area contributed by atoms with Crippen LogP contribution in [0.25, 0.3) is 11.0 Å². The SMILES string of the molecule is CCOC(=O)Nc1nc2ccc(C3=NCC(=O)c4ccc(F)cc43)cc2[nH]1. The number of benzene rings is 2. The van der Waals surface area contributed by atoms with Crippen molar-refractivity contribution in [3.63, 3.8) is 0 Å². The standard InChI is InChI=1S/C19H15FN4O3/c1-2-27-19(26)24-18-22-14-6-3-10(7-15(14)23-18)17-13-8-11(20)4-5-12(13)16(25)9-21-17/h3-8H,2,9H2,1H3,(H2,22,23,24,26). The van der Waals surface area contributed by atoms with Gasteiger partial charge in [0.15, 0.2) is 5.78 Å². The third kappa shape index (κ3) is 3.17. The molecule has 4 rings (SSSR count).